The molecule has 2 N–H and O–H groups in total. The molecule has 0 amide bonds. The molecular weight excluding hydrogens is 509 g/mol. The van der Waals surface area contributed by atoms with Gasteiger partial charge in [-0.2, -0.15) is 8.78 Å². The van der Waals surface area contributed by atoms with Gasteiger partial charge in [-0.1, -0.05) is 20.8 Å². The van der Waals surface area contributed by atoms with Crippen LogP contribution in [0.25, 0.3) is 0 Å². The summed E-state index contributed by atoms with van der Waals surface area (Å²) < 4.78 is 40.8. The number of oxazole rings is 1. The monoisotopic (exact) mass is 538 g/mol. The largest absolute Gasteiger partial charge is 0.497 e. The van der Waals surface area contributed by atoms with E-state index in [1.54, 1.807) is 18.3 Å². The lowest BCUT2D eigenvalue weighted by molar-refractivity contribution is -0.0505. The molecule has 2 rings (SSSR count). The van der Waals surface area contributed by atoms with Crippen molar-refractivity contribution in [3.8, 4) is 11.5 Å². The molecular formula is C20H29F2IN4O3. The van der Waals surface area contributed by atoms with Gasteiger partial charge in [0, 0.05) is 23.6 Å². The van der Waals surface area contributed by atoms with Gasteiger partial charge in [0.1, 0.15) is 17.3 Å². The number of nitrogens with zero attached hydrogens (tertiary/aromatic N) is 2. The zero-order valence-corrected chi connectivity index (χ0v) is 20.1. The van der Waals surface area contributed by atoms with E-state index in [2.05, 4.69) is 25.3 Å². The van der Waals surface area contributed by atoms with E-state index in [1.807, 2.05) is 27.7 Å². The van der Waals surface area contributed by atoms with Crippen molar-refractivity contribution >= 4 is 29.9 Å². The average molecular weight is 538 g/mol. The normalized spacial score (nSPS) is 11.8. The van der Waals surface area contributed by atoms with Crippen molar-refractivity contribution in [3.63, 3.8) is 0 Å². The summed E-state index contributed by atoms with van der Waals surface area (Å²) in [5.74, 6) is 2.29. The standard InChI is InChI=1S/C20H28F2N4O3.HI/c1-6-23-19(26-12-17-24-11-16(29-17)20(2,3)4)25-10-13-7-8-14(27-5)9-15(13)28-18(21)22;/h7-9,11,18H,6,10,12H2,1-5H3,(H2,23,25,26);1H. The Morgan fingerprint density at radius 3 is 2.57 bits per heavy atom. The Hall–Kier alpha value is -2.11. The van der Waals surface area contributed by atoms with Crippen LogP contribution < -0.4 is 20.1 Å². The molecule has 0 radical (unpaired) electrons. The fraction of sp³-hybridized carbons (Fsp3) is 0.500. The molecule has 0 unspecified atom stereocenters. The third-order valence-corrected chi connectivity index (χ3v) is 3.94. The Balaban J connectivity index is 0.00000450. The quantitative estimate of drug-likeness (QED) is 0.294. The Morgan fingerprint density at radius 2 is 2.00 bits per heavy atom. The number of guanidine groups is 1. The highest BCUT2D eigenvalue weighted by molar-refractivity contribution is 14.0. The fourth-order valence-corrected chi connectivity index (χ4v) is 2.40. The first-order chi connectivity index (χ1) is 13.7. The number of aromatic nitrogens is 1. The molecule has 1 aromatic carbocycles. The third kappa shape index (κ3) is 7.96. The van der Waals surface area contributed by atoms with Gasteiger partial charge in [-0.05, 0) is 19.1 Å². The maximum absolute atomic E-state index is 12.7. The van der Waals surface area contributed by atoms with Gasteiger partial charge in [0.15, 0.2) is 5.96 Å². The number of ether oxygens (including phenoxy) is 2. The van der Waals surface area contributed by atoms with Gasteiger partial charge >= 0.3 is 6.61 Å². The van der Waals surface area contributed by atoms with Crippen LogP contribution in [0.4, 0.5) is 8.78 Å². The molecule has 0 saturated heterocycles. The molecule has 1 heterocycles. The number of rotatable bonds is 8. The van der Waals surface area contributed by atoms with Crippen LogP contribution in [0.2, 0.25) is 0 Å². The summed E-state index contributed by atoms with van der Waals surface area (Å²) >= 11 is 0. The molecule has 2 aromatic rings. The van der Waals surface area contributed by atoms with Gasteiger partial charge in [0.25, 0.3) is 0 Å². The van der Waals surface area contributed by atoms with E-state index in [4.69, 9.17) is 9.15 Å². The number of alkyl halides is 2. The topological polar surface area (TPSA) is 80.9 Å². The molecule has 0 aliphatic carbocycles. The minimum Gasteiger partial charge on any atom is -0.497 e. The molecule has 30 heavy (non-hydrogen) atoms. The van der Waals surface area contributed by atoms with Gasteiger partial charge < -0.3 is 24.5 Å². The zero-order valence-electron chi connectivity index (χ0n) is 17.8. The van der Waals surface area contributed by atoms with Crippen molar-refractivity contribution in [2.24, 2.45) is 4.99 Å². The van der Waals surface area contributed by atoms with Crippen molar-refractivity contribution in [1.82, 2.24) is 15.6 Å². The number of nitrogens with one attached hydrogen (secondary N) is 2. The molecule has 0 atom stereocenters. The minimum atomic E-state index is -2.93. The highest BCUT2D eigenvalue weighted by atomic mass is 127. The molecule has 0 bridgehead atoms. The number of hydrogen-bond acceptors (Lipinski definition) is 5. The smallest absolute Gasteiger partial charge is 0.387 e. The van der Waals surface area contributed by atoms with Gasteiger partial charge in [0.05, 0.1) is 26.4 Å². The number of halogens is 3. The highest BCUT2D eigenvalue weighted by Crippen LogP contribution is 2.27. The lowest BCUT2D eigenvalue weighted by Gasteiger charge is -2.14. The second kappa shape index (κ2) is 11.9. The Labute approximate surface area is 192 Å². The van der Waals surface area contributed by atoms with Crippen molar-refractivity contribution < 1.29 is 22.7 Å². The van der Waals surface area contributed by atoms with Crippen LogP contribution in [0, 0.1) is 0 Å². The summed E-state index contributed by atoms with van der Waals surface area (Å²) in [4.78, 5) is 8.71. The second-order valence-electron chi connectivity index (χ2n) is 7.27. The van der Waals surface area contributed by atoms with Crippen LogP contribution in [0.1, 0.15) is 44.9 Å². The molecule has 10 heteroatoms. The van der Waals surface area contributed by atoms with Crippen LogP contribution in [0.3, 0.4) is 0 Å². The summed E-state index contributed by atoms with van der Waals surface area (Å²) in [6.07, 6.45) is 1.71. The summed E-state index contributed by atoms with van der Waals surface area (Å²) in [5, 5.41) is 6.22. The van der Waals surface area contributed by atoms with Crippen LogP contribution in [0.5, 0.6) is 11.5 Å². The van der Waals surface area contributed by atoms with Crippen molar-refractivity contribution in [3.05, 3.63) is 41.6 Å². The van der Waals surface area contributed by atoms with E-state index in [0.717, 1.165) is 5.76 Å². The number of benzene rings is 1. The SMILES string of the molecule is CCNC(=NCc1ccc(OC)cc1OC(F)F)NCc1ncc(C(C)(C)C)o1.I. The van der Waals surface area contributed by atoms with E-state index >= 15 is 0 Å². The van der Waals surface area contributed by atoms with E-state index in [1.165, 1.54) is 13.2 Å². The molecule has 0 aliphatic heterocycles. The van der Waals surface area contributed by atoms with E-state index < -0.39 is 6.61 Å². The first-order valence-electron chi connectivity index (χ1n) is 9.32. The Morgan fingerprint density at radius 1 is 1.27 bits per heavy atom. The molecule has 7 nitrogen and oxygen atoms in total. The second-order valence-corrected chi connectivity index (χ2v) is 7.27. The van der Waals surface area contributed by atoms with Crippen LogP contribution in [-0.4, -0.2) is 31.2 Å². The van der Waals surface area contributed by atoms with Crippen LogP contribution in [-0.2, 0) is 18.5 Å². The van der Waals surface area contributed by atoms with Gasteiger partial charge in [0.2, 0.25) is 5.89 Å². The van der Waals surface area contributed by atoms with Crippen LogP contribution >= 0.6 is 24.0 Å². The predicted octanol–water partition coefficient (Wildman–Crippen LogP) is 4.46. The van der Waals surface area contributed by atoms with Gasteiger partial charge in [-0.15, -0.1) is 24.0 Å². The highest BCUT2D eigenvalue weighted by Gasteiger charge is 2.19. The van der Waals surface area contributed by atoms with Gasteiger partial charge in [-0.25, -0.2) is 9.98 Å². The van der Waals surface area contributed by atoms with Crippen molar-refractivity contribution in [2.75, 3.05) is 13.7 Å². The summed E-state index contributed by atoms with van der Waals surface area (Å²) in [7, 11) is 1.46. The molecule has 0 spiro atoms. The first kappa shape index (κ1) is 25.9. The fourth-order valence-electron chi connectivity index (χ4n) is 2.40. The van der Waals surface area contributed by atoms with E-state index in [-0.39, 0.29) is 41.7 Å². The average Bonchev–Trinajstić information content (AvgIpc) is 3.13. The summed E-state index contributed by atoms with van der Waals surface area (Å²) in [5.41, 5.74) is 0.383. The maximum atomic E-state index is 12.7. The number of methoxy groups -OCH3 is 1. The molecule has 1 aromatic heterocycles. The molecule has 0 aliphatic rings. The molecule has 168 valence electrons. The van der Waals surface area contributed by atoms with Crippen molar-refractivity contribution in [2.45, 2.75) is 52.8 Å². The van der Waals surface area contributed by atoms with Crippen LogP contribution in [0.15, 0.2) is 33.8 Å². The van der Waals surface area contributed by atoms with E-state index in [0.29, 0.717) is 36.3 Å². The minimum absolute atomic E-state index is 0. The molecule has 0 fully saturated rings. The Bertz CT molecular complexity index is 823. The lowest BCUT2D eigenvalue weighted by atomic mass is 9.94. The number of hydrogen-bond donors (Lipinski definition) is 2. The number of aliphatic imine (C=N–C) groups is 1. The summed E-state index contributed by atoms with van der Waals surface area (Å²) in [6.45, 7) is 6.24. The first-order valence-corrected chi connectivity index (χ1v) is 9.32. The molecule has 0 saturated carbocycles. The zero-order chi connectivity index (χ0) is 21.4. The van der Waals surface area contributed by atoms with Gasteiger partial charge in [-0.3, -0.25) is 0 Å². The maximum Gasteiger partial charge on any atom is 0.387 e. The summed E-state index contributed by atoms with van der Waals surface area (Å²) in [6, 6.07) is 4.73. The third-order valence-electron chi connectivity index (χ3n) is 3.94. The predicted molar refractivity (Wildman–Crippen MR) is 122 cm³/mol. The lowest BCUT2D eigenvalue weighted by Crippen LogP contribution is -2.36. The Kier molecular flexibility index (Phi) is 10.3. The van der Waals surface area contributed by atoms with Crippen molar-refractivity contribution in [1.29, 1.82) is 0 Å². The van der Waals surface area contributed by atoms with E-state index in [9.17, 15) is 8.78 Å².